The second-order valence-corrected chi connectivity index (χ2v) is 2.71. The van der Waals surface area contributed by atoms with Gasteiger partial charge in [-0.2, -0.15) is 0 Å². The molecule has 2 rings (SSSR count). The van der Waals surface area contributed by atoms with E-state index in [1.165, 1.54) is 0 Å². The molecule has 0 unspecified atom stereocenters. The number of hydrogen-bond donors (Lipinski definition) is 2. The van der Waals surface area contributed by atoms with Crippen LogP contribution in [-0.4, -0.2) is 29.0 Å². The van der Waals surface area contributed by atoms with Crippen LogP contribution in [0.2, 0.25) is 0 Å². The van der Waals surface area contributed by atoms with Crippen LogP contribution in [0.4, 0.5) is 5.95 Å². The normalized spacial score (nSPS) is 15.8. The van der Waals surface area contributed by atoms with Crippen molar-refractivity contribution < 1.29 is 0 Å². The minimum Gasteiger partial charge on any atom is -0.356 e. The van der Waals surface area contributed by atoms with Gasteiger partial charge in [0.15, 0.2) is 5.96 Å². The van der Waals surface area contributed by atoms with E-state index in [0.717, 1.165) is 25.5 Å². The molecule has 1 aromatic heterocycles. The molecule has 0 atom stereocenters. The molecule has 1 aliphatic heterocycles. The molecule has 0 amide bonds. The molecule has 5 nitrogen and oxygen atoms in total. The van der Waals surface area contributed by atoms with Crippen molar-refractivity contribution in [3.63, 3.8) is 0 Å². The lowest BCUT2D eigenvalue weighted by Crippen LogP contribution is -2.35. The molecule has 0 saturated carbocycles. The number of rotatable bonds is 1. The number of nitrogens with zero attached hydrogens (tertiary/aromatic N) is 3. The minimum atomic E-state index is 0.579. The van der Waals surface area contributed by atoms with Gasteiger partial charge in [0.05, 0.1) is 0 Å². The van der Waals surface area contributed by atoms with Gasteiger partial charge in [0, 0.05) is 25.5 Å². The third-order valence-electron chi connectivity index (χ3n) is 1.69. The first kappa shape index (κ1) is 7.97. The highest BCUT2D eigenvalue weighted by Crippen LogP contribution is 1.96. The highest BCUT2D eigenvalue weighted by Gasteiger charge is 2.03. The summed E-state index contributed by atoms with van der Waals surface area (Å²) in [5.41, 5.74) is 0. The molecule has 0 bridgehead atoms. The first-order chi connectivity index (χ1) is 6.45. The standard InChI is InChI=1S/C8H11N5/c1-3-9-7(10-4-1)13-8-11-5-2-6-12-8/h1,3-4H,2,5-6H2,(H2,9,10,11,12,13). The molecule has 0 aliphatic carbocycles. The van der Waals surface area contributed by atoms with E-state index in [9.17, 15) is 0 Å². The van der Waals surface area contributed by atoms with E-state index in [-0.39, 0.29) is 0 Å². The van der Waals surface area contributed by atoms with Crippen molar-refractivity contribution in [2.24, 2.45) is 4.99 Å². The Balaban J connectivity index is 2.01. The molecule has 1 aromatic rings. The number of anilines is 1. The molecule has 0 aromatic carbocycles. The van der Waals surface area contributed by atoms with Crippen LogP contribution in [0.15, 0.2) is 23.5 Å². The first-order valence-corrected chi connectivity index (χ1v) is 4.27. The minimum absolute atomic E-state index is 0.579. The molecule has 0 spiro atoms. The van der Waals surface area contributed by atoms with Crippen LogP contribution in [0.1, 0.15) is 6.42 Å². The van der Waals surface area contributed by atoms with Gasteiger partial charge in [-0.15, -0.1) is 0 Å². The molecule has 68 valence electrons. The van der Waals surface area contributed by atoms with Crippen LogP contribution in [0.3, 0.4) is 0 Å². The van der Waals surface area contributed by atoms with Crippen LogP contribution >= 0.6 is 0 Å². The molecule has 2 N–H and O–H groups in total. The van der Waals surface area contributed by atoms with Crippen molar-refractivity contribution in [1.82, 2.24) is 15.3 Å². The lowest BCUT2D eigenvalue weighted by atomic mass is 10.4. The van der Waals surface area contributed by atoms with Crippen molar-refractivity contribution >= 4 is 11.9 Å². The summed E-state index contributed by atoms with van der Waals surface area (Å²) in [5, 5.41) is 6.12. The zero-order valence-corrected chi connectivity index (χ0v) is 7.20. The van der Waals surface area contributed by atoms with E-state index in [2.05, 4.69) is 25.6 Å². The monoisotopic (exact) mass is 177 g/mol. The Morgan fingerprint density at radius 1 is 1.31 bits per heavy atom. The summed E-state index contributed by atoms with van der Waals surface area (Å²) in [4.78, 5) is 12.3. The molecule has 0 radical (unpaired) electrons. The molecule has 2 heterocycles. The van der Waals surface area contributed by atoms with E-state index in [1.807, 2.05) is 0 Å². The van der Waals surface area contributed by atoms with Gasteiger partial charge in [-0.05, 0) is 12.5 Å². The maximum Gasteiger partial charge on any atom is 0.229 e. The van der Waals surface area contributed by atoms with Gasteiger partial charge in [-0.3, -0.25) is 10.3 Å². The average molecular weight is 177 g/mol. The van der Waals surface area contributed by atoms with Crippen molar-refractivity contribution in [1.29, 1.82) is 0 Å². The van der Waals surface area contributed by atoms with E-state index in [0.29, 0.717) is 5.95 Å². The number of guanidine groups is 1. The van der Waals surface area contributed by atoms with E-state index >= 15 is 0 Å². The third-order valence-corrected chi connectivity index (χ3v) is 1.69. The van der Waals surface area contributed by atoms with Gasteiger partial charge in [-0.25, -0.2) is 9.97 Å². The van der Waals surface area contributed by atoms with Crippen molar-refractivity contribution in [3.8, 4) is 0 Å². The van der Waals surface area contributed by atoms with E-state index < -0.39 is 0 Å². The van der Waals surface area contributed by atoms with Crippen molar-refractivity contribution in [3.05, 3.63) is 18.5 Å². The van der Waals surface area contributed by atoms with Crippen molar-refractivity contribution in [2.75, 3.05) is 18.4 Å². The lowest BCUT2D eigenvalue weighted by molar-refractivity contribution is 0.739. The molecule has 5 heteroatoms. The van der Waals surface area contributed by atoms with Crippen LogP contribution in [-0.2, 0) is 0 Å². The zero-order chi connectivity index (χ0) is 8.93. The molecule has 0 fully saturated rings. The van der Waals surface area contributed by atoms with Gasteiger partial charge in [-0.1, -0.05) is 0 Å². The highest BCUT2D eigenvalue weighted by molar-refractivity contribution is 5.92. The van der Waals surface area contributed by atoms with Gasteiger partial charge in [0.2, 0.25) is 5.95 Å². The molecular weight excluding hydrogens is 166 g/mol. The molecule has 1 aliphatic rings. The highest BCUT2D eigenvalue weighted by atomic mass is 15.2. The number of aliphatic imine (C=N–C) groups is 1. The topological polar surface area (TPSA) is 62.2 Å². The Labute approximate surface area is 76.3 Å². The van der Waals surface area contributed by atoms with E-state index in [4.69, 9.17) is 0 Å². The van der Waals surface area contributed by atoms with Crippen LogP contribution < -0.4 is 10.6 Å². The maximum absolute atomic E-state index is 4.24. The van der Waals surface area contributed by atoms with Crippen LogP contribution in [0.5, 0.6) is 0 Å². The Bertz CT molecular complexity index is 295. The van der Waals surface area contributed by atoms with Gasteiger partial charge in [0.25, 0.3) is 0 Å². The Morgan fingerprint density at radius 2 is 2.15 bits per heavy atom. The van der Waals surface area contributed by atoms with Crippen molar-refractivity contribution in [2.45, 2.75) is 6.42 Å². The Hall–Kier alpha value is -1.65. The van der Waals surface area contributed by atoms with E-state index in [1.54, 1.807) is 18.5 Å². The molecule has 0 saturated heterocycles. The summed E-state index contributed by atoms with van der Waals surface area (Å²) in [6.45, 7) is 1.82. The fourth-order valence-electron chi connectivity index (χ4n) is 1.09. The second-order valence-electron chi connectivity index (χ2n) is 2.71. The zero-order valence-electron chi connectivity index (χ0n) is 7.20. The third kappa shape index (κ3) is 2.14. The summed E-state index contributed by atoms with van der Waals surface area (Å²) >= 11 is 0. The summed E-state index contributed by atoms with van der Waals surface area (Å²) < 4.78 is 0. The fourth-order valence-corrected chi connectivity index (χ4v) is 1.09. The van der Waals surface area contributed by atoms with Crippen LogP contribution in [0, 0.1) is 0 Å². The lowest BCUT2D eigenvalue weighted by Gasteiger charge is -2.14. The predicted molar refractivity (Wildman–Crippen MR) is 50.6 cm³/mol. The SMILES string of the molecule is c1cnc(NC2=NCCCN2)nc1. The van der Waals surface area contributed by atoms with Gasteiger partial charge >= 0.3 is 0 Å². The number of aromatic nitrogens is 2. The molecular formula is C8H11N5. The maximum atomic E-state index is 4.24. The quantitative estimate of drug-likeness (QED) is 0.645. The first-order valence-electron chi connectivity index (χ1n) is 4.27. The van der Waals surface area contributed by atoms with Gasteiger partial charge in [0.1, 0.15) is 0 Å². The Kier molecular flexibility index (Phi) is 2.35. The number of hydrogen-bond acceptors (Lipinski definition) is 5. The molecule has 13 heavy (non-hydrogen) atoms. The Morgan fingerprint density at radius 3 is 2.85 bits per heavy atom. The summed E-state index contributed by atoms with van der Waals surface area (Å²) in [6.07, 6.45) is 4.47. The average Bonchev–Trinajstić information content (AvgIpc) is 2.21. The van der Waals surface area contributed by atoms with Crippen LogP contribution in [0.25, 0.3) is 0 Å². The fraction of sp³-hybridized carbons (Fsp3) is 0.375. The predicted octanol–water partition coefficient (Wildman–Crippen LogP) is 0.238. The smallest absolute Gasteiger partial charge is 0.229 e. The summed E-state index contributed by atoms with van der Waals surface area (Å²) in [6, 6.07) is 1.78. The van der Waals surface area contributed by atoms with Gasteiger partial charge < -0.3 is 5.32 Å². The summed E-state index contributed by atoms with van der Waals surface area (Å²) in [7, 11) is 0. The second kappa shape index (κ2) is 3.84. The summed E-state index contributed by atoms with van der Waals surface area (Å²) in [5.74, 6) is 1.34. The number of nitrogens with one attached hydrogen (secondary N) is 2. The largest absolute Gasteiger partial charge is 0.356 e.